The maximum Gasteiger partial charge on any atom is 0.315 e. The number of carboxylic acid groups (broad SMARTS) is 1. The highest BCUT2D eigenvalue weighted by atomic mass is 16.4. The molecule has 0 fully saturated rings. The Bertz CT molecular complexity index is 356. The maximum atomic E-state index is 11.7. The molecule has 0 radical (unpaired) electrons. The second kappa shape index (κ2) is 8.39. The summed E-state index contributed by atoms with van der Waals surface area (Å²) in [6, 6.07) is -1.36. The van der Waals surface area contributed by atoms with Crippen molar-refractivity contribution < 1.29 is 19.5 Å². The zero-order valence-electron chi connectivity index (χ0n) is 12.5. The summed E-state index contributed by atoms with van der Waals surface area (Å²) in [5, 5.41) is 14.0. The zero-order chi connectivity index (χ0) is 15.9. The van der Waals surface area contributed by atoms with Crippen LogP contribution in [0.5, 0.6) is 0 Å². The molecule has 116 valence electrons. The number of rotatable bonds is 8. The monoisotopic (exact) mass is 287 g/mol. The van der Waals surface area contributed by atoms with Crippen molar-refractivity contribution in [3.05, 3.63) is 0 Å². The summed E-state index contributed by atoms with van der Waals surface area (Å²) < 4.78 is 0. The highest BCUT2D eigenvalue weighted by Gasteiger charge is 2.23. The standard InChI is InChI=1S/C13H25N3O4/c1-7(2)5-9(12(18)19)6-15-13(20)16-10(8(3)4)11(14)17/h7-10H,5-6H2,1-4H3,(H2,14,17)(H,18,19)(H2,15,16,20)/t9?,10-/m1/s1. The second-order valence-electron chi connectivity index (χ2n) is 5.64. The molecule has 0 spiro atoms. The average molecular weight is 287 g/mol. The molecule has 5 N–H and O–H groups in total. The van der Waals surface area contributed by atoms with Gasteiger partial charge in [0.2, 0.25) is 5.91 Å². The molecule has 0 aliphatic carbocycles. The first-order chi connectivity index (χ1) is 9.15. The largest absolute Gasteiger partial charge is 0.481 e. The minimum atomic E-state index is -0.950. The van der Waals surface area contributed by atoms with Crippen molar-refractivity contribution in [2.75, 3.05) is 6.54 Å². The molecule has 7 heteroatoms. The van der Waals surface area contributed by atoms with E-state index in [1.54, 1.807) is 13.8 Å². The number of amides is 3. The molecule has 0 aliphatic rings. The fraction of sp³-hybridized carbons (Fsp3) is 0.769. The van der Waals surface area contributed by atoms with Gasteiger partial charge in [0.05, 0.1) is 5.92 Å². The van der Waals surface area contributed by atoms with Gasteiger partial charge < -0.3 is 21.5 Å². The lowest BCUT2D eigenvalue weighted by atomic mass is 9.97. The number of carbonyl (C=O) groups is 3. The maximum absolute atomic E-state index is 11.7. The van der Waals surface area contributed by atoms with Crippen LogP contribution in [0.2, 0.25) is 0 Å². The van der Waals surface area contributed by atoms with Crippen molar-refractivity contribution in [2.45, 2.75) is 40.2 Å². The molecule has 0 rings (SSSR count). The number of carbonyl (C=O) groups excluding carboxylic acids is 2. The van der Waals surface area contributed by atoms with Crippen LogP contribution >= 0.6 is 0 Å². The lowest BCUT2D eigenvalue weighted by molar-refractivity contribution is -0.142. The minimum Gasteiger partial charge on any atom is -0.481 e. The van der Waals surface area contributed by atoms with Gasteiger partial charge in [-0.2, -0.15) is 0 Å². The summed E-state index contributed by atoms with van der Waals surface area (Å²) >= 11 is 0. The van der Waals surface area contributed by atoms with Crippen molar-refractivity contribution in [1.82, 2.24) is 10.6 Å². The van der Waals surface area contributed by atoms with Gasteiger partial charge in [-0.25, -0.2) is 4.79 Å². The molecule has 20 heavy (non-hydrogen) atoms. The first-order valence-corrected chi connectivity index (χ1v) is 6.71. The number of primary amides is 1. The average Bonchev–Trinajstić information content (AvgIpc) is 2.29. The Kier molecular flexibility index (Phi) is 7.64. The van der Waals surface area contributed by atoms with Gasteiger partial charge in [0, 0.05) is 6.54 Å². The third-order valence-corrected chi connectivity index (χ3v) is 2.87. The van der Waals surface area contributed by atoms with Gasteiger partial charge >= 0.3 is 12.0 Å². The van der Waals surface area contributed by atoms with Gasteiger partial charge in [0.1, 0.15) is 6.04 Å². The molecular formula is C13H25N3O4. The van der Waals surface area contributed by atoms with Gasteiger partial charge in [-0.3, -0.25) is 9.59 Å². The van der Waals surface area contributed by atoms with Gasteiger partial charge in [-0.1, -0.05) is 27.7 Å². The molecule has 0 bridgehead atoms. The minimum absolute atomic E-state index is 0.0168. The molecule has 0 aromatic carbocycles. The Hall–Kier alpha value is -1.79. The van der Waals surface area contributed by atoms with Crippen LogP contribution < -0.4 is 16.4 Å². The van der Waals surface area contributed by atoms with E-state index in [9.17, 15) is 14.4 Å². The Morgan fingerprint density at radius 1 is 1.15 bits per heavy atom. The van der Waals surface area contributed by atoms with E-state index in [1.165, 1.54) is 0 Å². The molecule has 0 aromatic rings. The molecule has 2 atom stereocenters. The van der Waals surface area contributed by atoms with E-state index < -0.39 is 29.9 Å². The fourth-order valence-corrected chi connectivity index (χ4v) is 1.81. The third-order valence-electron chi connectivity index (χ3n) is 2.87. The molecule has 0 saturated heterocycles. The number of carboxylic acids is 1. The van der Waals surface area contributed by atoms with Crippen LogP contribution in [0.3, 0.4) is 0 Å². The van der Waals surface area contributed by atoms with E-state index in [4.69, 9.17) is 10.8 Å². The molecule has 0 saturated carbocycles. The topological polar surface area (TPSA) is 122 Å². The zero-order valence-corrected chi connectivity index (χ0v) is 12.5. The quantitative estimate of drug-likeness (QED) is 0.520. The Balaban J connectivity index is 4.38. The Morgan fingerprint density at radius 2 is 1.70 bits per heavy atom. The van der Waals surface area contributed by atoms with Crippen LogP contribution in [0, 0.1) is 17.8 Å². The number of aliphatic carboxylic acids is 1. The number of urea groups is 1. The number of hydrogen-bond acceptors (Lipinski definition) is 3. The molecule has 0 aliphatic heterocycles. The summed E-state index contributed by atoms with van der Waals surface area (Å²) in [5.74, 6) is -2.13. The van der Waals surface area contributed by atoms with Gasteiger partial charge in [0.25, 0.3) is 0 Å². The van der Waals surface area contributed by atoms with Crippen molar-refractivity contribution in [1.29, 1.82) is 0 Å². The molecule has 0 heterocycles. The molecular weight excluding hydrogens is 262 g/mol. The van der Waals surface area contributed by atoms with Crippen LogP contribution in [-0.2, 0) is 9.59 Å². The van der Waals surface area contributed by atoms with Gasteiger partial charge in [0.15, 0.2) is 0 Å². The summed E-state index contributed by atoms with van der Waals surface area (Å²) in [4.78, 5) is 33.8. The summed E-state index contributed by atoms with van der Waals surface area (Å²) in [5.41, 5.74) is 5.18. The highest BCUT2D eigenvalue weighted by Crippen LogP contribution is 2.11. The second-order valence-corrected chi connectivity index (χ2v) is 5.64. The third kappa shape index (κ3) is 6.96. The molecule has 1 unspecified atom stereocenters. The van der Waals surface area contributed by atoms with Crippen molar-refractivity contribution in [3.8, 4) is 0 Å². The van der Waals surface area contributed by atoms with E-state index in [2.05, 4.69) is 10.6 Å². The van der Waals surface area contributed by atoms with Crippen molar-refractivity contribution in [2.24, 2.45) is 23.5 Å². The Labute approximate surface area is 119 Å². The number of nitrogens with one attached hydrogen (secondary N) is 2. The van der Waals surface area contributed by atoms with Crippen molar-refractivity contribution >= 4 is 17.9 Å². The van der Waals surface area contributed by atoms with Crippen LogP contribution in [0.25, 0.3) is 0 Å². The SMILES string of the molecule is CC(C)CC(CNC(=O)N[C@@H](C(N)=O)C(C)C)C(=O)O. The lowest BCUT2D eigenvalue weighted by Gasteiger charge is -2.20. The van der Waals surface area contributed by atoms with E-state index in [-0.39, 0.29) is 18.4 Å². The van der Waals surface area contributed by atoms with Crippen molar-refractivity contribution in [3.63, 3.8) is 0 Å². The van der Waals surface area contributed by atoms with E-state index in [0.29, 0.717) is 6.42 Å². The smallest absolute Gasteiger partial charge is 0.315 e. The summed E-state index contributed by atoms with van der Waals surface area (Å²) in [6.07, 6.45) is 0.471. The predicted molar refractivity (Wildman–Crippen MR) is 74.9 cm³/mol. The summed E-state index contributed by atoms with van der Waals surface area (Å²) in [6.45, 7) is 7.36. The normalized spacial score (nSPS) is 13.9. The van der Waals surface area contributed by atoms with E-state index in [1.807, 2.05) is 13.8 Å². The fourth-order valence-electron chi connectivity index (χ4n) is 1.81. The van der Waals surface area contributed by atoms with Gasteiger partial charge in [-0.05, 0) is 18.3 Å². The van der Waals surface area contributed by atoms with Crippen LogP contribution in [0.4, 0.5) is 4.79 Å². The predicted octanol–water partition coefficient (Wildman–Crippen LogP) is 0.542. The first-order valence-electron chi connectivity index (χ1n) is 6.71. The van der Waals surface area contributed by atoms with Crippen LogP contribution in [-0.4, -0.2) is 35.6 Å². The van der Waals surface area contributed by atoms with E-state index >= 15 is 0 Å². The number of hydrogen-bond donors (Lipinski definition) is 4. The summed E-state index contributed by atoms with van der Waals surface area (Å²) in [7, 11) is 0. The molecule has 7 nitrogen and oxygen atoms in total. The van der Waals surface area contributed by atoms with Crippen LogP contribution in [0.15, 0.2) is 0 Å². The molecule has 0 aromatic heterocycles. The Morgan fingerprint density at radius 3 is 2.05 bits per heavy atom. The van der Waals surface area contributed by atoms with Gasteiger partial charge in [-0.15, -0.1) is 0 Å². The highest BCUT2D eigenvalue weighted by molar-refractivity contribution is 5.86. The van der Waals surface area contributed by atoms with Crippen LogP contribution in [0.1, 0.15) is 34.1 Å². The molecule has 3 amide bonds. The number of nitrogens with two attached hydrogens (primary N) is 1. The first kappa shape index (κ1) is 18.2. The lowest BCUT2D eigenvalue weighted by Crippen LogP contribution is -2.52. The van der Waals surface area contributed by atoms with E-state index in [0.717, 1.165) is 0 Å².